The van der Waals surface area contributed by atoms with Gasteiger partial charge < -0.3 is 14.5 Å². The highest BCUT2D eigenvalue weighted by Crippen LogP contribution is 2.19. The van der Waals surface area contributed by atoms with Gasteiger partial charge in [0.2, 0.25) is 5.76 Å². The number of nitrogens with one attached hydrogen (secondary N) is 1. The summed E-state index contributed by atoms with van der Waals surface area (Å²) in [4.78, 5) is 16.2. The van der Waals surface area contributed by atoms with Crippen LogP contribution < -0.4 is 10.1 Å². The van der Waals surface area contributed by atoms with E-state index in [1.807, 2.05) is 38.1 Å². The zero-order chi connectivity index (χ0) is 14.5. The van der Waals surface area contributed by atoms with Crippen LogP contribution in [0.15, 0.2) is 35.1 Å². The summed E-state index contributed by atoms with van der Waals surface area (Å²) in [5.41, 5.74) is 1.58. The summed E-state index contributed by atoms with van der Waals surface area (Å²) in [6.07, 6.45) is 1.30. The zero-order valence-electron chi connectivity index (χ0n) is 11.8. The van der Waals surface area contributed by atoms with E-state index in [1.54, 1.807) is 7.11 Å². The van der Waals surface area contributed by atoms with E-state index in [0.29, 0.717) is 12.2 Å². The molecule has 0 saturated heterocycles. The quantitative estimate of drug-likeness (QED) is 0.910. The van der Waals surface area contributed by atoms with Crippen molar-refractivity contribution in [2.75, 3.05) is 7.11 Å². The molecule has 0 bridgehead atoms. The fourth-order valence-corrected chi connectivity index (χ4v) is 1.94. The molecule has 1 aromatic carbocycles. The van der Waals surface area contributed by atoms with E-state index >= 15 is 0 Å². The summed E-state index contributed by atoms with van der Waals surface area (Å²) >= 11 is 0. The first kappa shape index (κ1) is 14.1. The Morgan fingerprint density at radius 2 is 2.15 bits per heavy atom. The molecule has 20 heavy (non-hydrogen) atoms. The lowest BCUT2D eigenvalue weighted by Gasteiger charge is -2.09. The molecular weight excluding hydrogens is 256 g/mol. The summed E-state index contributed by atoms with van der Waals surface area (Å²) in [7, 11) is 1.61. The van der Waals surface area contributed by atoms with E-state index in [1.165, 1.54) is 6.39 Å². The number of ether oxygens (including phenoxy) is 1. The second-order valence-corrected chi connectivity index (χ2v) is 4.72. The summed E-state index contributed by atoms with van der Waals surface area (Å²) in [6, 6.07) is 7.55. The van der Waals surface area contributed by atoms with Gasteiger partial charge in [-0.1, -0.05) is 32.0 Å². The minimum Gasteiger partial charge on any atom is -0.496 e. The maximum atomic E-state index is 12.1. The first-order valence-electron chi connectivity index (χ1n) is 6.47. The number of oxazole rings is 1. The highest BCUT2D eigenvalue weighted by Gasteiger charge is 2.19. The first-order chi connectivity index (χ1) is 9.63. The highest BCUT2D eigenvalue weighted by molar-refractivity contribution is 5.92. The van der Waals surface area contributed by atoms with Crippen LogP contribution in [0.4, 0.5) is 0 Å². The van der Waals surface area contributed by atoms with Gasteiger partial charge >= 0.3 is 0 Å². The molecule has 0 fully saturated rings. The van der Waals surface area contributed by atoms with Crippen molar-refractivity contribution < 1.29 is 13.9 Å². The third-order valence-electron chi connectivity index (χ3n) is 2.98. The molecule has 0 spiro atoms. The molecule has 0 atom stereocenters. The molecule has 2 rings (SSSR count). The highest BCUT2D eigenvalue weighted by atomic mass is 16.5. The van der Waals surface area contributed by atoms with Gasteiger partial charge in [0.1, 0.15) is 5.75 Å². The average Bonchev–Trinajstić information content (AvgIpc) is 2.94. The molecule has 0 saturated carbocycles. The van der Waals surface area contributed by atoms with Gasteiger partial charge in [-0.15, -0.1) is 0 Å². The number of para-hydroxylation sites is 1. The number of hydrogen-bond acceptors (Lipinski definition) is 4. The minimum atomic E-state index is -0.267. The van der Waals surface area contributed by atoms with Crippen molar-refractivity contribution >= 4 is 5.91 Å². The number of rotatable bonds is 5. The molecule has 0 aliphatic heterocycles. The summed E-state index contributed by atoms with van der Waals surface area (Å²) in [6.45, 7) is 4.31. The molecule has 1 N–H and O–H groups in total. The predicted octanol–water partition coefficient (Wildman–Crippen LogP) is 2.74. The van der Waals surface area contributed by atoms with Crippen LogP contribution in [0.2, 0.25) is 0 Å². The summed E-state index contributed by atoms with van der Waals surface area (Å²) in [5.74, 6) is 0.891. The molecule has 0 radical (unpaired) electrons. The lowest BCUT2D eigenvalue weighted by Crippen LogP contribution is -2.24. The van der Waals surface area contributed by atoms with Crippen molar-refractivity contribution in [2.45, 2.75) is 26.3 Å². The van der Waals surface area contributed by atoms with Gasteiger partial charge in [0.15, 0.2) is 6.39 Å². The van der Waals surface area contributed by atoms with Crippen molar-refractivity contribution in [1.29, 1.82) is 0 Å². The lowest BCUT2D eigenvalue weighted by molar-refractivity contribution is 0.0921. The molecule has 0 unspecified atom stereocenters. The fourth-order valence-electron chi connectivity index (χ4n) is 1.94. The van der Waals surface area contributed by atoms with Gasteiger partial charge in [-0.3, -0.25) is 4.79 Å². The second kappa shape index (κ2) is 6.23. The van der Waals surface area contributed by atoms with Crippen LogP contribution >= 0.6 is 0 Å². The van der Waals surface area contributed by atoms with Crippen LogP contribution in [-0.2, 0) is 6.54 Å². The third-order valence-corrected chi connectivity index (χ3v) is 2.98. The molecule has 1 amide bonds. The van der Waals surface area contributed by atoms with E-state index in [4.69, 9.17) is 9.15 Å². The summed E-state index contributed by atoms with van der Waals surface area (Å²) < 4.78 is 10.4. The van der Waals surface area contributed by atoms with Crippen molar-refractivity contribution in [3.8, 4) is 5.75 Å². The second-order valence-electron chi connectivity index (χ2n) is 4.72. The molecule has 106 valence electrons. The maximum Gasteiger partial charge on any atom is 0.289 e. The fraction of sp³-hybridized carbons (Fsp3) is 0.333. The van der Waals surface area contributed by atoms with Crippen LogP contribution in [0, 0.1) is 0 Å². The van der Waals surface area contributed by atoms with E-state index in [-0.39, 0.29) is 17.6 Å². The predicted molar refractivity (Wildman–Crippen MR) is 74.8 cm³/mol. The average molecular weight is 274 g/mol. The first-order valence-corrected chi connectivity index (χ1v) is 6.47. The monoisotopic (exact) mass is 274 g/mol. The van der Waals surface area contributed by atoms with Crippen LogP contribution in [0.5, 0.6) is 5.75 Å². The number of aromatic nitrogens is 1. The topological polar surface area (TPSA) is 64.4 Å². The number of hydrogen-bond donors (Lipinski definition) is 1. The van der Waals surface area contributed by atoms with Gasteiger partial charge in [-0.05, 0) is 12.0 Å². The Morgan fingerprint density at radius 1 is 1.40 bits per heavy atom. The molecule has 5 heteroatoms. The Labute approximate surface area is 118 Å². The van der Waals surface area contributed by atoms with E-state index in [2.05, 4.69) is 10.3 Å². The van der Waals surface area contributed by atoms with E-state index < -0.39 is 0 Å². The van der Waals surface area contributed by atoms with Gasteiger partial charge in [0.05, 0.1) is 12.8 Å². The smallest absolute Gasteiger partial charge is 0.289 e. The van der Waals surface area contributed by atoms with Crippen molar-refractivity contribution in [3.63, 3.8) is 0 Å². The largest absolute Gasteiger partial charge is 0.496 e. The van der Waals surface area contributed by atoms with Gasteiger partial charge in [-0.25, -0.2) is 4.98 Å². The molecule has 0 aliphatic rings. The number of nitrogens with zero attached hydrogens (tertiary/aromatic N) is 1. The normalized spacial score (nSPS) is 10.6. The van der Waals surface area contributed by atoms with Crippen LogP contribution in [-0.4, -0.2) is 18.0 Å². The Morgan fingerprint density at radius 3 is 2.85 bits per heavy atom. The maximum absolute atomic E-state index is 12.1. The van der Waals surface area contributed by atoms with Crippen LogP contribution in [0.3, 0.4) is 0 Å². The van der Waals surface area contributed by atoms with Crippen LogP contribution in [0.25, 0.3) is 0 Å². The van der Waals surface area contributed by atoms with Crippen molar-refractivity contribution in [3.05, 3.63) is 47.7 Å². The number of amides is 1. The summed E-state index contributed by atoms with van der Waals surface area (Å²) in [5, 5.41) is 2.82. The Balaban J connectivity index is 2.07. The Bertz CT molecular complexity index is 590. The standard InChI is InChI=1S/C15H18N2O3/c1-10(2)13-14(20-9-17-13)15(18)16-8-11-6-4-5-7-12(11)19-3/h4-7,9-10H,8H2,1-3H3,(H,16,18). The Hall–Kier alpha value is -2.30. The van der Waals surface area contributed by atoms with Gasteiger partial charge in [-0.2, -0.15) is 0 Å². The van der Waals surface area contributed by atoms with Crippen molar-refractivity contribution in [2.24, 2.45) is 0 Å². The number of benzene rings is 1. The Kier molecular flexibility index (Phi) is 4.40. The van der Waals surface area contributed by atoms with Gasteiger partial charge in [0, 0.05) is 12.1 Å². The molecule has 1 heterocycles. The molecular formula is C15H18N2O3. The zero-order valence-corrected chi connectivity index (χ0v) is 11.8. The van der Waals surface area contributed by atoms with E-state index in [0.717, 1.165) is 11.3 Å². The molecule has 2 aromatic rings. The van der Waals surface area contributed by atoms with E-state index in [9.17, 15) is 4.79 Å². The molecule has 0 aliphatic carbocycles. The van der Waals surface area contributed by atoms with Crippen molar-refractivity contribution in [1.82, 2.24) is 10.3 Å². The number of carbonyl (C=O) groups excluding carboxylic acids is 1. The number of carbonyl (C=O) groups is 1. The lowest BCUT2D eigenvalue weighted by atomic mass is 10.1. The molecule has 5 nitrogen and oxygen atoms in total. The SMILES string of the molecule is COc1ccccc1CNC(=O)c1ocnc1C(C)C. The minimum absolute atomic E-state index is 0.140. The van der Waals surface area contributed by atoms with Crippen LogP contribution in [0.1, 0.15) is 41.6 Å². The third kappa shape index (κ3) is 2.99. The number of methoxy groups -OCH3 is 1. The molecule has 1 aromatic heterocycles. The van der Waals surface area contributed by atoms with Gasteiger partial charge in [0.25, 0.3) is 5.91 Å².